The second kappa shape index (κ2) is 9.34. The van der Waals surface area contributed by atoms with Crippen LogP contribution in [-0.2, 0) is 19.0 Å². The van der Waals surface area contributed by atoms with Gasteiger partial charge in [0.25, 0.3) is 0 Å². The fraction of sp³-hybridized carbons (Fsp3) is 0.821. The average Bonchev–Trinajstić information content (AvgIpc) is 3.45. The van der Waals surface area contributed by atoms with Gasteiger partial charge in [-0.1, -0.05) is 13.0 Å². The van der Waals surface area contributed by atoms with E-state index in [0.717, 1.165) is 30.4 Å². The first-order chi connectivity index (χ1) is 18.0. The highest BCUT2D eigenvalue weighted by Gasteiger charge is 2.66. The van der Waals surface area contributed by atoms with Gasteiger partial charge in [-0.05, 0) is 80.3 Å². The molecule has 0 aromatic rings. The molecular weight excluding hydrogens is 496 g/mol. The van der Waals surface area contributed by atoms with Crippen LogP contribution in [0.2, 0.25) is 0 Å². The maximum absolute atomic E-state index is 12.3. The highest BCUT2D eigenvalue weighted by molar-refractivity contribution is 5.85. The number of fused-ring (bicyclic) bond motifs is 5. The fourth-order valence-corrected chi connectivity index (χ4v) is 9.02. The number of hydrogen-bond donors (Lipinski definition) is 6. The van der Waals surface area contributed by atoms with Gasteiger partial charge >= 0.3 is 5.97 Å². The van der Waals surface area contributed by atoms with Crippen LogP contribution in [-0.4, -0.2) is 92.4 Å². The Morgan fingerprint density at radius 3 is 2.50 bits per heavy atom. The normalized spacial score (nSPS) is 52.4. The van der Waals surface area contributed by atoms with E-state index in [1.54, 1.807) is 6.08 Å². The van der Waals surface area contributed by atoms with Crippen molar-refractivity contribution in [3.05, 3.63) is 23.3 Å². The first-order valence-corrected chi connectivity index (χ1v) is 14.0. The maximum Gasteiger partial charge on any atom is 0.331 e. The predicted octanol–water partition coefficient (Wildman–Crippen LogP) is 0.278. The van der Waals surface area contributed by atoms with Gasteiger partial charge in [-0.3, -0.25) is 0 Å². The van der Waals surface area contributed by atoms with Crippen LogP contribution in [0.25, 0.3) is 0 Å². The Balaban J connectivity index is 1.22. The largest absolute Gasteiger partial charge is 0.458 e. The van der Waals surface area contributed by atoms with E-state index >= 15 is 0 Å². The van der Waals surface area contributed by atoms with Crippen molar-refractivity contribution in [1.29, 1.82) is 0 Å². The zero-order valence-corrected chi connectivity index (χ0v) is 21.7. The molecule has 1 saturated heterocycles. The Labute approximate surface area is 221 Å². The zero-order valence-electron chi connectivity index (χ0n) is 21.7. The predicted molar refractivity (Wildman–Crippen MR) is 131 cm³/mol. The first-order valence-electron chi connectivity index (χ1n) is 14.0. The van der Waals surface area contributed by atoms with Crippen molar-refractivity contribution in [3.63, 3.8) is 0 Å². The second-order valence-electron chi connectivity index (χ2n) is 12.7. The minimum absolute atomic E-state index is 0.00227. The molecule has 38 heavy (non-hydrogen) atoms. The number of esters is 1. The molecular formula is C28H40O10. The van der Waals surface area contributed by atoms with Crippen LogP contribution in [0.15, 0.2) is 23.3 Å². The van der Waals surface area contributed by atoms with Crippen molar-refractivity contribution < 1.29 is 49.6 Å². The Hall–Kier alpha value is -1.37. The molecule has 6 aliphatic rings. The summed E-state index contributed by atoms with van der Waals surface area (Å²) in [5, 5.41) is 63.1. The fourth-order valence-electron chi connectivity index (χ4n) is 9.02. The Kier molecular flexibility index (Phi) is 6.60. The van der Waals surface area contributed by atoms with E-state index < -0.39 is 47.3 Å². The molecule has 2 heterocycles. The summed E-state index contributed by atoms with van der Waals surface area (Å²) in [6.45, 7) is 2.44. The summed E-state index contributed by atoms with van der Waals surface area (Å²) in [7, 11) is 0. The summed E-state index contributed by atoms with van der Waals surface area (Å²) in [4.78, 5) is 11.8. The molecule has 12 unspecified atom stereocenters. The van der Waals surface area contributed by atoms with E-state index in [2.05, 4.69) is 13.0 Å². The third kappa shape index (κ3) is 3.72. The Morgan fingerprint density at radius 2 is 1.79 bits per heavy atom. The lowest BCUT2D eigenvalue weighted by Crippen LogP contribution is -2.60. The SMILES string of the molecule is CC12CCC3C(=CCC4CC(OC5OC(O)C(O)C(O)C5O)CCC43CO)C1(O)CCC2C1=CC(=O)OC1. The first kappa shape index (κ1) is 26.8. The summed E-state index contributed by atoms with van der Waals surface area (Å²) >= 11 is 0. The molecule has 12 atom stereocenters. The highest BCUT2D eigenvalue weighted by atomic mass is 16.7. The van der Waals surface area contributed by atoms with Crippen LogP contribution in [0.4, 0.5) is 0 Å². The summed E-state index contributed by atoms with van der Waals surface area (Å²) in [5.41, 5.74) is 0.216. The minimum atomic E-state index is -1.66. The number of carbonyl (C=O) groups is 1. The number of ether oxygens (including phenoxy) is 3. The van der Waals surface area contributed by atoms with Crippen LogP contribution >= 0.6 is 0 Å². The molecule has 10 nitrogen and oxygen atoms in total. The van der Waals surface area contributed by atoms with Gasteiger partial charge in [0, 0.05) is 23.5 Å². The topological polar surface area (TPSA) is 166 Å². The molecule has 0 aromatic carbocycles. The third-order valence-corrected chi connectivity index (χ3v) is 11.2. The van der Waals surface area contributed by atoms with Gasteiger partial charge in [0.2, 0.25) is 0 Å². The Bertz CT molecular complexity index is 1030. The monoisotopic (exact) mass is 536 g/mol. The van der Waals surface area contributed by atoms with Gasteiger partial charge in [-0.2, -0.15) is 0 Å². The highest BCUT2D eigenvalue weighted by Crippen LogP contribution is 2.68. The number of cyclic esters (lactones) is 1. The van der Waals surface area contributed by atoms with Gasteiger partial charge in [-0.15, -0.1) is 0 Å². The number of allylic oxidation sites excluding steroid dienone is 1. The van der Waals surface area contributed by atoms with Crippen LogP contribution < -0.4 is 0 Å². The van der Waals surface area contributed by atoms with Crippen molar-refractivity contribution in [2.24, 2.45) is 28.6 Å². The minimum Gasteiger partial charge on any atom is -0.458 e. The number of aliphatic hydroxyl groups is 6. The summed E-state index contributed by atoms with van der Waals surface area (Å²) in [6.07, 6.45) is 1.42. The van der Waals surface area contributed by atoms with Gasteiger partial charge in [0.05, 0.1) is 11.7 Å². The van der Waals surface area contributed by atoms with E-state index in [4.69, 9.17) is 14.2 Å². The number of aliphatic hydroxyl groups excluding tert-OH is 5. The molecule has 0 amide bonds. The molecule has 212 valence electrons. The molecule has 4 aliphatic carbocycles. The second-order valence-corrected chi connectivity index (χ2v) is 12.7. The zero-order chi connectivity index (χ0) is 27.0. The average molecular weight is 537 g/mol. The van der Waals surface area contributed by atoms with E-state index in [0.29, 0.717) is 38.7 Å². The van der Waals surface area contributed by atoms with Gasteiger partial charge in [-0.25, -0.2) is 4.79 Å². The van der Waals surface area contributed by atoms with Gasteiger partial charge < -0.3 is 44.8 Å². The van der Waals surface area contributed by atoms with E-state index in [9.17, 15) is 35.4 Å². The maximum atomic E-state index is 12.3. The van der Waals surface area contributed by atoms with Crippen LogP contribution in [0, 0.1) is 28.6 Å². The van der Waals surface area contributed by atoms with Crippen molar-refractivity contribution >= 4 is 5.97 Å². The van der Waals surface area contributed by atoms with Crippen molar-refractivity contribution in [2.45, 2.75) is 101 Å². The lowest BCUT2D eigenvalue weighted by atomic mass is 9.46. The molecule has 0 radical (unpaired) electrons. The van der Waals surface area contributed by atoms with E-state index in [1.165, 1.54) is 0 Å². The quantitative estimate of drug-likeness (QED) is 0.217. The Morgan fingerprint density at radius 1 is 1.03 bits per heavy atom. The van der Waals surface area contributed by atoms with Crippen LogP contribution in [0.3, 0.4) is 0 Å². The molecule has 4 fully saturated rings. The molecule has 2 aliphatic heterocycles. The van der Waals surface area contributed by atoms with Gasteiger partial charge in [0.15, 0.2) is 12.6 Å². The standard InChI is InChI=1S/C28H40O10/c1-26-7-5-18-19(28(26,35)9-6-17(26)14-10-20(30)36-12-14)3-2-15-11-16(4-8-27(15,18)13-29)37-25-23(33)21(31)22(32)24(34)38-25/h3,10,15-18,21-25,29,31-35H,2,4-9,11-13H2,1H3. The molecule has 0 spiro atoms. The summed E-state index contributed by atoms with van der Waals surface area (Å²) in [6, 6.07) is 0. The van der Waals surface area contributed by atoms with Crippen LogP contribution in [0.5, 0.6) is 0 Å². The van der Waals surface area contributed by atoms with E-state index in [-0.39, 0.29) is 36.4 Å². The number of carbonyl (C=O) groups excluding carboxylic acids is 1. The molecule has 0 aromatic heterocycles. The molecule has 10 heteroatoms. The smallest absolute Gasteiger partial charge is 0.331 e. The molecule has 3 saturated carbocycles. The molecule has 0 bridgehead atoms. The van der Waals surface area contributed by atoms with Crippen molar-refractivity contribution in [3.8, 4) is 0 Å². The number of hydrogen-bond acceptors (Lipinski definition) is 10. The van der Waals surface area contributed by atoms with Crippen molar-refractivity contribution in [1.82, 2.24) is 0 Å². The molecule has 6 N–H and O–H groups in total. The lowest BCUT2D eigenvalue weighted by Gasteiger charge is -2.60. The lowest BCUT2D eigenvalue weighted by molar-refractivity contribution is -0.350. The third-order valence-electron chi connectivity index (χ3n) is 11.2. The number of rotatable bonds is 4. The van der Waals surface area contributed by atoms with Gasteiger partial charge in [0.1, 0.15) is 24.9 Å². The van der Waals surface area contributed by atoms with E-state index in [1.807, 2.05) is 0 Å². The van der Waals surface area contributed by atoms with Crippen molar-refractivity contribution in [2.75, 3.05) is 13.2 Å². The molecule has 6 rings (SSSR count). The summed E-state index contributed by atoms with van der Waals surface area (Å²) in [5.74, 6) is -0.0967. The summed E-state index contributed by atoms with van der Waals surface area (Å²) < 4.78 is 16.4. The van der Waals surface area contributed by atoms with Crippen LogP contribution in [0.1, 0.15) is 58.3 Å².